The Kier molecular flexibility index (Phi) is 4.63. The van der Waals surface area contributed by atoms with Crippen molar-refractivity contribution in [1.82, 2.24) is 19.3 Å². The fourth-order valence-corrected chi connectivity index (χ4v) is 4.70. The molecule has 0 unspecified atom stereocenters. The van der Waals surface area contributed by atoms with Gasteiger partial charge in [0.2, 0.25) is 15.9 Å². The Morgan fingerprint density at radius 3 is 2.68 bits per heavy atom. The normalized spacial score (nSPS) is 27.9. The molecule has 140 valence electrons. The molecule has 2 fully saturated rings. The summed E-state index contributed by atoms with van der Waals surface area (Å²) in [6.07, 6.45) is 1.83. The molecule has 0 spiro atoms. The van der Waals surface area contributed by atoms with Gasteiger partial charge >= 0.3 is 5.97 Å². The topological polar surface area (TPSA) is 117 Å². The van der Waals surface area contributed by atoms with Crippen LogP contribution in [0.5, 0.6) is 0 Å². The Bertz CT molecular complexity index is 762. The van der Waals surface area contributed by atoms with Crippen LogP contribution in [0.1, 0.15) is 25.6 Å². The van der Waals surface area contributed by atoms with Crippen LogP contribution in [0.25, 0.3) is 0 Å². The van der Waals surface area contributed by atoms with E-state index in [0.717, 1.165) is 6.26 Å². The number of carboxylic acids is 1. The number of carbonyl (C=O) groups is 1. The zero-order chi connectivity index (χ0) is 18.4. The van der Waals surface area contributed by atoms with Crippen LogP contribution >= 0.6 is 0 Å². The minimum atomic E-state index is -3.39. The zero-order valence-corrected chi connectivity index (χ0v) is 15.5. The van der Waals surface area contributed by atoms with E-state index in [4.69, 9.17) is 4.52 Å². The number of rotatable bonds is 6. The monoisotopic (exact) mass is 372 g/mol. The summed E-state index contributed by atoms with van der Waals surface area (Å²) in [6.45, 7) is 5.59. The van der Waals surface area contributed by atoms with E-state index in [1.54, 1.807) is 0 Å². The Morgan fingerprint density at radius 1 is 1.40 bits per heavy atom. The third-order valence-corrected chi connectivity index (χ3v) is 6.22. The minimum absolute atomic E-state index is 0.0210. The number of hydrogen-bond donors (Lipinski definition) is 1. The molecular formula is C15H24N4O5S. The molecule has 2 aliphatic heterocycles. The van der Waals surface area contributed by atoms with Gasteiger partial charge in [-0.3, -0.25) is 9.69 Å². The quantitative estimate of drug-likeness (QED) is 0.744. The van der Waals surface area contributed by atoms with Crippen molar-refractivity contribution < 1.29 is 22.8 Å². The second-order valence-electron chi connectivity index (χ2n) is 7.59. The second kappa shape index (κ2) is 6.33. The summed E-state index contributed by atoms with van der Waals surface area (Å²) in [5.41, 5.74) is -1.06. The largest absolute Gasteiger partial charge is 0.481 e. The smallest absolute Gasteiger partial charge is 0.312 e. The molecule has 9 nitrogen and oxygen atoms in total. The molecule has 2 aliphatic rings. The van der Waals surface area contributed by atoms with Gasteiger partial charge in [-0.15, -0.1) is 0 Å². The lowest BCUT2D eigenvalue weighted by atomic mass is 9.81. The molecule has 0 aliphatic carbocycles. The Balaban J connectivity index is 1.70. The van der Waals surface area contributed by atoms with E-state index < -0.39 is 21.4 Å². The van der Waals surface area contributed by atoms with E-state index in [9.17, 15) is 18.3 Å². The summed E-state index contributed by atoms with van der Waals surface area (Å²) < 4.78 is 30.1. The highest BCUT2D eigenvalue weighted by atomic mass is 32.2. The number of nitrogens with zero attached hydrogens (tertiary/aromatic N) is 4. The summed E-state index contributed by atoms with van der Waals surface area (Å²) in [5.74, 6) is 0.356. The molecule has 25 heavy (non-hydrogen) atoms. The molecule has 0 aromatic carbocycles. The van der Waals surface area contributed by atoms with Crippen molar-refractivity contribution in [3.8, 4) is 0 Å². The van der Waals surface area contributed by atoms with E-state index in [1.807, 2.05) is 4.90 Å². The maximum Gasteiger partial charge on any atom is 0.312 e. The lowest BCUT2D eigenvalue weighted by molar-refractivity contribution is -0.148. The molecule has 1 aromatic heterocycles. The van der Waals surface area contributed by atoms with Crippen LogP contribution in [0.15, 0.2) is 4.52 Å². The number of aliphatic carboxylic acids is 1. The molecule has 1 N–H and O–H groups in total. The third-order valence-electron chi connectivity index (χ3n) is 5.00. The van der Waals surface area contributed by atoms with Gasteiger partial charge in [-0.05, 0) is 5.92 Å². The Hall–Kier alpha value is -1.52. The number of carboxylic acid groups (broad SMARTS) is 1. The molecule has 2 saturated heterocycles. The molecule has 3 rings (SSSR count). The average molecular weight is 372 g/mol. The van der Waals surface area contributed by atoms with Crippen LogP contribution in [0.4, 0.5) is 0 Å². The maximum absolute atomic E-state index is 11.9. The van der Waals surface area contributed by atoms with E-state index in [2.05, 4.69) is 24.0 Å². The van der Waals surface area contributed by atoms with E-state index >= 15 is 0 Å². The van der Waals surface area contributed by atoms with E-state index in [0.29, 0.717) is 37.1 Å². The summed E-state index contributed by atoms with van der Waals surface area (Å²) >= 11 is 0. The number of likely N-dealkylation sites (tertiary alicyclic amines) is 1. The van der Waals surface area contributed by atoms with Crippen LogP contribution in [-0.2, 0) is 27.8 Å². The summed E-state index contributed by atoms with van der Waals surface area (Å²) in [6, 6.07) is 0. The van der Waals surface area contributed by atoms with E-state index in [-0.39, 0.29) is 25.6 Å². The van der Waals surface area contributed by atoms with Crippen LogP contribution in [0.3, 0.4) is 0 Å². The van der Waals surface area contributed by atoms with Gasteiger partial charge in [0, 0.05) is 38.5 Å². The number of hydrogen-bond acceptors (Lipinski definition) is 7. The molecule has 0 saturated carbocycles. The summed E-state index contributed by atoms with van der Waals surface area (Å²) in [7, 11) is -3.39. The van der Waals surface area contributed by atoms with Gasteiger partial charge in [0.1, 0.15) is 0 Å². The lowest BCUT2D eigenvalue weighted by Gasteiger charge is -2.24. The number of sulfonamides is 1. The van der Waals surface area contributed by atoms with Gasteiger partial charge < -0.3 is 9.63 Å². The number of aromatic nitrogens is 2. The standard InChI is InChI=1S/C15H24N4O5S/c1-10(2)4-13-16-12(17-24-13)7-18-5-11-6-19(25(3,22)23)9-15(11,8-18)14(20)21/h10-11H,4-9H2,1-3H3,(H,20,21)/t11-,15-/m1/s1. The third kappa shape index (κ3) is 3.56. The maximum atomic E-state index is 11.9. The highest BCUT2D eigenvalue weighted by Gasteiger charge is 2.59. The second-order valence-corrected chi connectivity index (χ2v) is 9.57. The first-order valence-electron chi connectivity index (χ1n) is 8.32. The first kappa shape index (κ1) is 18.3. The molecule has 0 radical (unpaired) electrons. The predicted molar refractivity (Wildman–Crippen MR) is 88.1 cm³/mol. The number of fused-ring (bicyclic) bond motifs is 1. The fourth-order valence-electron chi connectivity index (χ4n) is 3.79. The predicted octanol–water partition coefficient (Wildman–Crippen LogP) is 0.0461. The fraction of sp³-hybridized carbons (Fsp3) is 0.800. The van der Waals surface area contributed by atoms with E-state index in [1.165, 1.54) is 4.31 Å². The summed E-state index contributed by atoms with van der Waals surface area (Å²) in [4.78, 5) is 18.2. The SMILES string of the molecule is CC(C)Cc1nc(CN2C[C@@H]3CN(S(C)(=O)=O)C[C@]3(C(=O)O)C2)no1. The molecule has 2 atom stereocenters. The van der Waals surface area contributed by atoms with Gasteiger partial charge in [-0.25, -0.2) is 12.7 Å². The van der Waals surface area contributed by atoms with Crippen molar-refractivity contribution in [2.75, 3.05) is 32.4 Å². The van der Waals surface area contributed by atoms with Gasteiger partial charge in [-0.1, -0.05) is 19.0 Å². The van der Waals surface area contributed by atoms with Crippen molar-refractivity contribution in [3.63, 3.8) is 0 Å². The first-order valence-corrected chi connectivity index (χ1v) is 10.2. The lowest BCUT2D eigenvalue weighted by Crippen LogP contribution is -2.41. The minimum Gasteiger partial charge on any atom is -0.481 e. The van der Waals surface area contributed by atoms with Gasteiger partial charge in [0.25, 0.3) is 0 Å². The van der Waals surface area contributed by atoms with Crippen LogP contribution in [-0.4, -0.2) is 71.3 Å². The van der Waals surface area contributed by atoms with Crippen LogP contribution in [0, 0.1) is 17.3 Å². The van der Waals surface area contributed by atoms with Gasteiger partial charge in [-0.2, -0.15) is 4.98 Å². The van der Waals surface area contributed by atoms with Gasteiger partial charge in [0.05, 0.1) is 18.2 Å². The van der Waals surface area contributed by atoms with Gasteiger partial charge in [0.15, 0.2) is 5.82 Å². The Labute approximate surface area is 147 Å². The van der Waals surface area contributed by atoms with Crippen molar-refractivity contribution in [2.24, 2.45) is 17.3 Å². The van der Waals surface area contributed by atoms with Crippen LogP contribution in [0.2, 0.25) is 0 Å². The summed E-state index contributed by atoms with van der Waals surface area (Å²) in [5, 5.41) is 13.7. The zero-order valence-electron chi connectivity index (χ0n) is 14.7. The van der Waals surface area contributed by atoms with Crippen molar-refractivity contribution in [3.05, 3.63) is 11.7 Å². The highest BCUT2D eigenvalue weighted by molar-refractivity contribution is 7.88. The van der Waals surface area contributed by atoms with Crippen LogP contribution < -0.4 is 0 Å². The molecule has 1 aromatic rings. The molecule has 0 bridgehead atoms. The highest BCUT2D eigenvalue weighted by Crippen LogP contribution is 2.43. The molecule has 3 heterocycles. The first-order chi connectivity index (χ1) is 11.6. The Morgan fingerprint density at radius 2 is 2.12 bits per heavy atom. The van der Waals surface area contributed by atoms with Crippen molar-refractivity contribution >= 4 is 16.0 Å². The van der Waals surface area contributed by atoms with Crippen molar-refractivity contribution in [2.45, 2.75) is 26.8 Å². The molecular weight excluding hydrogens is 348 g/mol. The molecule has 0 amide bonds. The van der Waals surface area contributed by atoms with Crippen molar-refractivity contribution in [1.29, 1.82) is 0 Å². The molecule has 10 heteroatoms. The average Bonchev–Trinajstić information content (AvgIpc) is 3.10.